The monoisotopic (exact) mass is 494 g/mol. The summed E-state index contributed by atoms with van der Waals surface area (Å²) >= 11 is 0. The number of sulfonamides is 1. The molecule has 4 rings (SSSR count). The first-order valence-corrected chi connectivity index (χ1v) is 13.0. The Labute approximate surface area is 206 Å². The van der Waals surface area contributed by atoms with Crippen LogP contribution in [0.25, 0.3) is 0 Å². The molecule has 1 aliphatic rings. The first kappa shape index (κ1) is 24.6. The lowest BCUT2D eigenvalue weighted by molar-refractivity contribution is 0.0661. The number of piperidine rings is 1. The largest absolute Gasteiger partial charge is 0.497 e. The molecule has 0 atom stereocenters. The maximum Gasteiger partial charge on any atom is 0.264 e. The van der Waals surface area contributed by atoms with Crippen molar-refractivity contribution in [3.8, 4) is 11.5 Å². The number of para-hydroxylation sites is 1. The number of methoxy groups -OCH3 is 1. The maximum atomic E-state index is 13.2. The van der Waals surface area contributed by atoms with E-state index < -0.39 is 10.0 Å². The lowest BCUT2D eigenvalue weighted by Crippen LogP contribution is -2.39. The number of amides is 1. The molecule has 35 heavy (non-hydrogen) atoms. The van der Waals surface area contributed by atoms with Gasteiger partial charge in [-0.3, -0.25) is 9.10 Å². The van der Waals surface area contributed by atoms with E-state index in [1.165, 1.54) is 23.5 Å². The van der Waals surface area contributed by atoms with Crippen LogP contribution >= 0.6 is 0 Å². The number of anilines is 1. The molecule has 3 aromatic rings. The molecule has 0 unspecified atom stereocenters. The zero-order chi connectivity index (χ0) is 24.8. The molecule has 0 radical (unpaired) electrons. The first-order valence-electron chi connectivity index (χ1n) is 11.6. The van der Waals surface area contributed by atoms with Gasteiger partial charge in [0.25, 0.3) is 15.9 Å². The highest BCUT2D eigenvalue weighted by Gasteiger charge is 2.26. The predicted octanol–water partition coefficient (Wildman–Crippen LogP) is 4.45. The van der Waals surface area contributed by atoms with Crippen molar-refractivity contribution in [1.82, 2.24) is 4.90 Å². The number of carbonyl (C=O) groups is 1. The molecule has 8 heteroatoms. The number of rotatable bonds is 8. The SMILES string of the molecule is COc1ccc(N(C)S(=O)(=O)c2cccc(C(=O)N3CCC(COc4ccccc4)CC3)c2)cc1. The van der Waals surface area contributed by atoms with Gasteiger partial charge >= 0.3 is 0 Å². The Bertz CT molecular complexity index is 1240. The highest BCUT2D eigenvalue weighted by Crippen LogP contribution is 2.26. The van der Waals surface area contributed by atoms with Gasteiger partial charge in [0.1, 0.15) is 11.5 Å². The van der Waals surface area contributed by atoms with E-state index in [9.17, 15) is 13.2 Å². The molecule has 1 amide bonds. The van der Waals surface area contributed by atoms with Gasteiger partial charge in [0.2, 0.25) is 0 Å². The predicted molar refractivity (Wildman–Crippen MR) is 136 cm³/mol. The number of carbonyl (C=O) groups excluding carboxylic acids is 1. The molecule has 3 aromatic carbocycles. The van der Waals surface area contributed by atoms with E-state index in [0.29, 0.717) is 42.6 Å². The van der Waals surface area contributed by atoms with Crippen molar-refractivity contribution in [2.45, 2.75) is 17.7 Å². The molecule has 0 aromatic heterocycles. The molecular weight excluding hydrogens is 464 g/mol. The summed E-state index contributed by atoms with van der Waals surface area (Å²) in [6, 6.07) is 22.7. The number of likely N-dealkylation sites (tertiary alicyclic amines) is 1. The lowest BCUT2D eigenvalue weighted by atomic mass is 9.97. The molecule has 1 heterocycles. The fraction of sp³-hybridized carbons (Fsp3) is 0.296. The van der Waals surface area contributed by atoms with Crippen molar-refractivity contribution in [3.63, 3.8) is 0 Å². The van der Waals surface area contributed by atoms with Crippen LogP contribution in [0.3, 0.4) is 0 Å². The highest BCUT2D eigenvalue weighted by molar-refractivity contribution is 7.92. The Kier molecular flexibility index (Phi) is 7.60. The third-order valence-corrected chi connectivity index (χ3v) is 8.09. The molecule has 184 valence electrons. The zero-order valence-corrected chi connectivity index (χ0v) is 20.8. The fourth-order valence-corrected chi connectivity index (χ4v) is 5.34. The van der Waals surface area contributed by atoms with Gasteiger partial charge in [-0.05, 0) is 73.4 Å². The van der Waals surface area contributed by atoms with Crippen LogP contribution in [-0.2, 0) is 10.0 Å². The smallest absolute Gasteiger partial charge is 0.264 e. The van der Waals surface area contributed by atoms with Crippen LogP contribution in [0.4, 0.5) is 5.69 Å². The van der Waals surface area contributed by atoms with Crippen LogP contribution in [0.1, 0.15) is 23.2 Å². The van der Waals surface area contributed by atoms with Gasteiger partial charge in [-0.2, -0.15) is 0 Å². The summed E-state index contributed by atoms with van der Waals surface area (Å²) in [5.74, 6) is 1.71. The molecule has 1 aliphatic heterocycles. The van der Waals surface area contributed by atoms with Gasteiger partial charge in [0, 0.05) is 25.7 Å². The Morgan fingerprint density at radius 3 is 2.29 bits per heavy atom. The topological polar surface area (TPSA) is 76.2 Å². The number of ether oxygens (including phenoxy) is 2. The second-order valence-electron chi connectivity index (χ2n) is 8.56. The average Bonchev–Trinajstić information content (AvgIpc) is 2.92. The standard InChI is InChI=1S/C27H30N2O5S/c1-28(23-11-13-24(33-2)14-12-23)35(31,32)26-10-6-7-22(19-26)27(30)29-17-15-21(16-18-29)20-34-25-8-4-3-5-9-25/h3-14,19,21H,15-18,20H2,1-2H3. The zero-order valence-electron chi connectivity index (χ0n) is 20.0. The second-order valence-corrected chi connectivity index (χ2v) is 10.5. The van der Waals surface area contributed by atoms with Crippen LogP contribution in [-0.4, -0.2) is 53.1 Å². The molecule has 0 spiro atoms. The number of benzene rings is 3. The Hall–Kier alpha value is -3.52. The third kappa shape index (κ3) is 5.77. The number of hydrogen-bond acceptors (Lipinski definition) is 5. The highest BCUT2D eigenvalue weighted by atomic mass is 32.2. The summed E-state index contributed by atoms with van der Waals surface area (Å²) in [5, 5.41) is 0. The third-order valence-electron chi connectivity index (χ3n) is 6.31. The summed E-state index contributed by atoms with van der Waals surface area (Å²) < 4.78 is 38.7. The summed E-state index contributed by atoms with van der Waals surface area (Å²) in [4.78, 5) is 15.0. The van der Waals surface area contributed by atoms with Crippen LogP contribution < -0.4 is 13.8 Å². The average molecular weight is 495 g/mol. The van der Waals surface area contributed by atoms with E-state index in [1.54, 1.807) is 48.4 Å². The molecule has 7 nitrogen and oxygen atoms in total. The summed E-state index contributed by atoms with van der Waals surface area (Å²) in [7, 11) is -0.787. The van der Waals surface area contributed by atoms with Crippen LogP contribution in [0.15, 0.2) is 83.8 Å². The minimum atomic E-state index is -3.84. The van der Waals surface area contributed by atoms with Gasteiger partial charge in [0.15, 0.2) is 0 Å². The van der Waals surface area contributed by atoms with Gasteiger partial charge in [-0.25, -0.2) is 8.42 Å². The Balaban J connectivity index is 1.39. The molecule has 0 saturated carbocycles. The molecule has 1 saturated heterocycles. The number of nitrogens with zero attached hydrogens (tertiary/aromatic N) is 2. The van der Waals surface area contributed by atoms with Crippen molar-refractivity contribution in [2.24, 2.45) is 5.92 Å². The van der Waals surface area contributed by atoms with Crippen LogP contribution in [0, 0.1) is 5.92 Å². The van der Waals surface area contributed by atoms with Crippen molar-refractivity contribution < 1.29 is 22.7 Å². The minimum absolute atomic E-state index is 0.0767. The van der Waals surface area contributed by atoms with Crippen molar-refractivity contribution in [2.75, 3.05) is 38.2 Å². The van der Waals surface area contributed by atoms with Crippen molar-refractivity contribution >= 4 is 21.6 Å². The maximum absolute atomic E-state index is 13.2. The summed E-state index contributed by atoms with van der Waals surface area (Å²) in [5.41, 5.74) is 0.871. The van der Waals surface area contributed by atoms with E-state index in [0.717, 1.165) is 18.6 Å². The minimum Gasteiger partial charge on any atom is -0.497 e. The van der Waals surface area contributed by atoms with E-state index in [2.05, 4.69) is 0 Å². The summed E-state index contributed by atoms with van der Waals surface area (Å²) in [6.45, 7) is 1.85. The van der Waals surface area contributed by atoms with Crippen LogP contribution in [0.2, 0.25) is 0 Å². The molecule has 0 aliphatic carbocycles. The molecule has 0 N–H and O–H groups in total. The Morgan fingerprint density at radius 1 is 0.943 bits per heavy atom. The molecular formula is C27H30N2O5S. The van der Waals surface area contributed by atoms with Crippen molar-refractivity contribution in [1.29, 1.82) is 0 Å². The van der Waals surface area contributed by atoms with Gasteiger partial charge in [-0.1, -0.05) is 24.3 Å². The Morgan fingerprint density at radius 2 is 1.63 bits per heavy atom. The van der Waals surface area contributed by atoms with Gasteiger partial charge in [0.05, 0.1) is 24.3 Å². The normalized spacial score (nSPS) is 14.4. The van der Waals surface area contributed by atoms with E-state index in [-0.39, 0.29) is 10.8 Å². The quantitative estimate of drug-likeness (QED) is 0.462. The molecule has 0 bridgehead atoms. The summed E-state index contributed by atoms with van der Waals surface area (Å²) in [6.07, 6.45) is 1.69. The first-order chi connectivity index (χ1) is 16.9. The van der Waals surface area contributed by atoms with Gasteiger partial charge in [-0.15, -0.1) is 0 Å². The number of hydrogen-bond donors (Lipinski definition) is 0. The van der Waals surface area contributed by atoms with E-state index in [1.807, 2.05) is 30.3 Å². The van der Waals surface area contributed by atoms with E-state index in [4.69, 9.17) is 9.47 Å². The van der Waals surface area contributed by atoms with E-state index >= 15 is 0 Å². The fourth-order valence-electron chi connectivity index (χ4n) is 4.09. The molecule has 1 fully saturated rings. The second kappa shape index (κ2) is 10.8. The van der Waals surface area contributed by atoms with Crippen LogP contribution in [0.5, 0.6) is 11.5 Å². The lowest BCUT2D eigenvalue weighted by Gasteiger charge is -2.32. The van der Waals surface area contributed by atoms with Gasteiger partial charge < -0.3 is 14.4 Å². The van der Waals surface area contributed by atoms with Crippen molar-refractivity contribution in [3.05, 3.63) is 84.4 Å².